The third kappa shape index (κ3) is 4.09. The molecule has 1 aromatic rings. The lowest BCUT2D eigenvalue weighted by Gasteiger charge is -2.30. The number of rotatable bonds is 7. The zero-order chi connectivity index (χ0) is 18.6. The van der Waals surface area contributed by atoms with Crippen molar-refractivity contribution in [1.29, 1.82) is 0 Å². The molecule has 9 heteroatoms. The minimum atomic E-state index is -3.45. The van der Waals surface area contributed by atoms with Crippen molar-refractivity contribution in [2.45, 2.75) is 44.8 Å². The number of halogens is 4. The predicted molar refractivity (Wildman–Crippen MR) is 82.0 cm³/mol. The first kappa shape index (κ1) is 19.2. The third-order valence-corrected chi connectivity index (χ3v) is 3.70. The second kappa shape index (κ2) is 7.81. The van der Waals surface area contributed by atoms with E-state index in [9.17, 15) is 27.5 Å². The molecule has 0 unspecified atom stereocenters. The van der Waals surface area contributed by atoms with Crippen molar-refractivity contribution in [2.24, 2.45) is 5.10 Å². The molecule has 1 aliphatic rings. The topological polar surface area (TPSA) is 62.1 Å². The summed E-state index contributed by atoms with van der Waals surface area (Å²) in [4.78, 5) is 12.3. The summed E-state index contributed by atoms with van der Waals surface area (Å²) in [6, 6.07) is 5.51. The highest BCUT2D eigenvalue weighted by Gasteiger charge is 2.53. The van der Waals surface area contributed by atoms with E-state index < -0.39 is 36.6 Å². The first-order chi connectivity index (χ1) is 11.8. The molecular weight excluding hydrogens is 344 g/mol. The molecule has 0 saturated heterocycles. The van der Waals surface area contributed by atoms with Gasteiger partial charge >= 0.3 is 0 Å². The van der Waals surface area contributed by atoms with Crippen LogP contribution in [0.15, 0.2) is 29.4 Å². The Morgan fingerprint density at radius 2 is 1.96 bits per heavy atom. The average Bonchev–Trinajstić information content (AvgIpc) is 2.95. The quantitative estimate of drug-likeness (QED) is 0.598. The summed E-state index contributed by atoms with van der Waals surface area (Å²) in [5.41, 5.74) is -4.13. The lowest BCUT2D eigenvalue weighted by atomic mass is 10.1. The van der Waals surface area contributed by atoms with Crippen LogP contribution < -0.4 is 4.74 Å². The van der Waals surface area contributed by atoms with Crippen molar-refractivity contribution in [3.63, 3.8) is 0 Å². The van der Waals surface area contributed by atoms with Crippen LogP contribution >= 0.6 is 0 Å². The molecule has 1 aliphatic heterocycles. The third-order valence-electron chi connectivity index (χ3n) is 3.70. The Morgan fingerprint density at radius 3 is 2.48 bits per heavy atom. The number of alkyl halides is 4. The molecule has 0 aliphatic carbocycles. The van der Waals surface area contributed by atoms with E-state index in [1.807, 2.05) is 6.92 Å². The van der Waals surface area contributed by atoms with Crippen molar-refractivity contribution in [3.05, 3.63) is 29.8 Å². The summed E-state index contributed by atoms with van der Waals surface area (Å²) < 4.78 is 57.2. The first-order valence-corrected chi connectivity index (χ1v) is 7.73. The number of aliphatic hydroxyl groups is 1. The number of nitrogens with zero attached hydrogens (tertiary/aromatic N) is 2. The SMILES string of the molecule is CCCCOc1ccc(C(=O)N2N=C(C(F)F)C[C@@]2(O)C(F)F)cc1. The lowest BCUT2D eigenvalue weighted by Crippen LogP contribution is -2.51. The van der Waals surface area contributed by atoms with Gasteiger partial charge in [-0.15, -0.1) is 0 Å². The average molecular weight is 362 g/mol. The number of ether oxygens (including phenoxy) is 1. The molecular formula is C16H18F4N2O3. The molecule has 1 amide bonds. The fourth-order valence-electron chi connectivity index (χ4n) is 2.25. The number of hydrogen-bond donors (Lipinski definition) is 1. The van der Waals surface area contributed by atoms with Crippen LogP contribution in [0.25, 0.3) is 0 Å². The lowest BCUT2D eigenvalue weighted by molar-refractivity contribution is -0.164. The van der Waals surface area contributed by atoms with E-state index in [2.05, 4.69) is 5.10 Å². The van der Waals surface area contributed by atoms with Gasteiger partial charge in [-0.2, -0.15) is 10.1 Å². The second-order valence-corrected chi connectivity index (χ2v) is 5.59. The largest absolute Gasteiger partial charge is 0.494 e. The predicted octanol–water partition coefficient (Wildman–Crippen LogP) is 3.29. The van der Waals surface area contributed by atoms with Crippen molar-refractivity contribution in [3.8, 4) is 5.75 Å². The van der Waals surface area contributed by atoms with Crippen LogP contribution in [0.4, 0.5) is 17.6 Å². The summed E-state index contributed by atoms with van der Waals surface area (Å²) in [6.45, 7) is 2.49. The Hall–Kier alpha value is -2.16. The molecule has 5 nitrogen and oxygen atoms in total. The second-order valence-electron chi connectivity index (χ2n) is 5.59. The van der Waals surface area contributed by atoms with E-state index in [-0.39, 0.29) is 10.6 Å². The van der Waals surface area contributed by atoms with Crippen LogP contribution in [0, 0.1) is 0 Å². The fraction of sp³-hybridized carbons (Fsp3) is 0.500. The van der Waals surface area contributed by atoms with E-state index in [1.54, 1.807) is 0 Å². The molecule has 2 rings (SSSR count). The van der Waals surface area contributed by atoms with Crippen molar-refractivity contribution in [2.75, 3.05) is 6.61 Å². The summed E-state index contributed by atoms with van der Waals surface area (Å²) in [5.74, 6) is -0.620. The van der Waals surface area contributed by atoms with E-state index in [1.165, 1.54) is 24.3 Å². The summed E-state index contributed by atoms with van der Waals surface area (Å²) in [7, 11) is 0. The molecule has 138 valence electrons. The van der Waals surface area contributed by atoms with Crippen LogP contribution in [0.1, 0.15) is 36.5 Å². The molecule has 1 atom stereocenters. The number of carbonyl (C=O) groups is 1. The van der Waals surface area contributed by atoms with Crippen LogP contribution in [0.3, 0.4) is 0 Å². The summed E-state index contributed by atoms with van der Waals surface area (Å²) >= 11 is 0. The Labute approximate surface area is 141 Å². The van der Waals surface area contributed by atoms with Gasteiger partial charge in [0.15, 0.2) is 0 Å². The highest BCUT2D eigenvalue weighted by Crippen LogP contribution is 2.34. The summed E-state index contributed by atoms with van der Waals surface area (Å²) in [5, 5.41) is 13.2. The van der Waals surface area contributed by atoms with Crippen LogP contribution in [0.5, 0.6) is 5.75 Å². The van der Waals surface area contributed by atoms with Gasteiger partial charge in [0.1, 0.15) is 11.5 Å². The Balaban J connectivity index is 2.19. The monoisotopic (exact) mass is 362 g/mol. The molecule has 0 fully saturated rings. The minimum Gasteiger partial charge on any atom is -0.494 e. The van der Waals surface area contributed by atoms with Gasteiger partial charge in [0, 0.05) is 12.0 Å². The van der Waals surface area contributed by atoms with Crippen LogP contribution in [-0.4, -0.2) is 46.9 Å². The maximum atomic E-state index is 13.1. The van der Waals surface area contributed by atoms with Crippen LogP contribution in [-0.2, 0) is 0 Å². The van der Waals surface area contributed by atoms with Gasteiger partial charge in [-0.3, -0.25) is 4.79 Å². The number of unbranched alkanes of at least 4 members (excludes halogenated alkanes) is 1. The molecule has 0 spiro atoms. The van der Waals surface area contributed by atoms with Crippen molar-refractivity contribution in [1.82, 2.24) is 5.01 Å². The van der Waals surface area contributed by atoms with Gasteiger partial charge in [-0.05, 0) is 30.7 Å². The van der Waals surface area contributed by atoms with Gasteiger partial charge < -0.3 is 9.84 Å². The van der Waals surface area contributed by atoms with E-state index in [0.29, 0.717) is 12.4 Å². The standard InChI is InChI=1S/C16H18F4N2O3/c1-2-3-8-25-11-6-4-10(5-7-11)14(23)22-16(24,15(19)20)9-12(21-22)13(17)18/h4-7,13,15,24H,2-3,8-9H2,1H3/t16-/m1/s1. The molecule has 0 bridgehead atoms. The highest BCUT2D eigenvalue weighted by molar-refractivity contribution is 5.99. The zero-order valence-corrected chi connectivity index (χ0v) is 13.5. The number of hydrazone groups is 1. The maximum absolute atomic E-state index is 13.1. The van der Waals surface area contributed by atoms with Crippen molar-refractivity contribution < 1.29 is 32.2 Å². The zero-order valence-electron chi connectivity index (χ0n) is 13.5. The van der Waals surface area contributed by atoms with Crippen molar-refractivity contribution >= 4 is 11.6 Å². The number of benzene rings is 1. The molecule has 0 radical (unpaired) electrons. The molecule has 25 heavy (non-hydrogen) atoms. The fourth-order valence-corrected chi connectivity index (χ4v) is 2.25. The highest BCUT2D eigenvalue weighted by atomic mass is 19.3. The number of hydrogen-bond acceptors (Lipinski definition) is 4. The van der Waals surface area contributed by atoms with Gasteiger partial charge in [0.2, 0.25) is 5.72 Å². The molecule has 1 aromatic carbocycles. The van der Waals surface area contributed by atoms with Gasteiger partial charge in [-0.25, -0.2) is 17.6 Å². The van der Waals surface area contributed by atoms with E-state index in [0.717, 1.165) is 12.8 Å². The number of carbonyl (C=O) groups excluding carboxylic acids is 1. The Kier molecular flexibility index (Phi) is 5.99. The Morgan fingerprint density at radius 1 is 1.32 bits per heavy atom. The maximum Gasteiger partial charge on any atom is 0.287 e. The van der Waals surface area contributed by atoms with Crippen LogP contribution in [0.2, 0.25) is 0 Å². The molecule has 0 saturated carbocycles. The minimum absolute atomic E-state index is 0.0338. The normalized spacial score (nSPS) is 20.3. The molecule has 1 heterocycles. The van der Waals surface area contributed by atoms with Gasteiger partial charge in [0.25, 0.3) is 18.8 Å². The van der Waals surface area contributed by atoms with Gasteiger partial charge in [0.05, 0.1) is 6.61 Å². The number of amides is 1. The van der Waals surface area contributed by atoms with E-state index >= 15 is 0 Å². The van der Waals surface area contributed by atoms with E-state index in [4.69, 9.17) is 4.74 Å². The molecule has 1 N–H and O–H groups in total. The first-order valence-electron chi connectivity index (χ1n) is 7.73. The molecule has 0 aromatic heterocycles. The Bertz CT molecular complexity index is 637. The van der Waals surface area contributed by atoms with Gasteiger partial charge in [-0.1, -0.05) is 13.3 Å². The smallest absolute Gasteiger partial charge is 0.287 e. The summed E-state index contributed by atoms with van der Waals surface area (Å²) in [6.07, 6.45) is -5.90.